The molecule has 2 atom stereocenters. The van der Waals surface area contributed by atoms with Gasteiger partial charge in [0.2, 0.25) is 0 Å². The number of carbonyl (C=O) groups excluding carboxylic acids is 3. The van der Waals surface area contributed by atoms with Gasteiger partial charge >= 0.3 is 18.1 Å². The van der Waals surface area contributed by atoms with Crippen LogP contribution in [0.5, 0.6) is 0 Å². The second-order valence-corrected chi connectivity index (χ2v) is 10.5. The minimum Gasteiger partial charge on any atom is -0.400 e. The fourth-order valence-electron chi connectivity index (χ4n) is 3.89. The predicted molar refractivity (Wildman–Crippen MR) is 162 cm³/mol. The van der Waals surface area contributed by atoms with Gasteiger partial charge in [0.05, 0.1) is 11.1 Å². The fourth-order valence-corrected chi connectivity index (χ4v) is 3.89. The van der Waals surface area contributed by atoms with Gasteiger partial charge in [-0.1, -0.05) is 113 Å². The molecule has 4 rings (SSSR count). The third-order valence-electron chi connectivity index (χ3n) is 6.41. The Labute approximate surface area is 256 Å². The molecule has 0 bridgehead atoms. The van der Waals surface area contributed by atoms with Gasteiger partial charge in [0.15, 0.2) is 0 Å². The van der Waals surface area contributed by atoms with E-state index in [-0.39, 0.29) is 11.1 Å². The van der Waals surface area contributed by atoms with Crippen LogP contribution in [0.2, 0.25) is 0 Å². The van der Waals surface area contributed by atoms with E-state index in [1.165, 1.54) is 0 Å². The van der Waals surface area contributed by atoms with E-state index in [9.17, 15) is 14.4 Å². The van der Waals surface area contributed by atoms with Gasteiger partial charge in [0, 0.05) is 11.8 Å². The smallest absolute Gasteiger partial charge is 0.400 e. The monoisotopic (exact) mass is 598 g/mol. The Bertz CT molecular complexity index is 1380. The van der Waals surface area contributed by atoms with Crippen LogP contribution in [0.3, 0.4) is 0 Å². The van der Waals surface area contributed by atoms with Gasteiger partial charge in [-0.2, -0.15) is 0 Å². The topological polar surface area (TPSA) is 107 Å². The van der Waals surface area contributed by atoms with Crippen molar-refractivity contribution in [3.63, 3.8) is 0 Å². The molecule has 0 heterocycles. The van der Waals surface area contributed by atoms with Crippen LogP contribution in [-0.4, -0.2) is 30.7 Å². The quantitative estimate of drug-likeness (QED) is 0.0693. The van der Waals surface area contributed by atoms with Crippen molar-refractivity contribution >= 4 is 18.1 Å². The summed E-state index contributed by atoms with van der Waals surface area (Å²) in [5, 5.41) is 0. The molecule has 0 fully saturated rings. The Morgan fingerprint density at radius 3 is 1.09 bits per heavy atom. The molecule has 0 saturated carbocycles. The molecular formula is C35H34O9. The zero-order valence-electron chi connectivity index (χ0n) is 24.9. The zero-order chi connectivity index (χ0) is 31.5. The molecule has 0 aromatic heterocycles. The lowest BCUT2D eigenvalue weighted by Crippen LogP contribution is -2.33. The van der Waals surface area contributed by atoms with Gasteiger partial charge in [-0.25, -0.2) is 14.4 Å². The van der Waals surface area contributed by atoms with Crippen LogP contribution in [0.1, 0.15) is 48.4 Å². The molecule has 9 heteroatoms. The second-order valence-electron chi connectivity index (χ2n) is 10.5. The summed E-state index contributed by atoms with van der Waals surface area (Å²) in [5.74, 6) is -2.35. The maximum atomic E-state index is 12.6. The Hall–Kier alpha value is -4.99. The Morgan fingerprint density at radius 1 is 0.455 bits per heavy atom. The average Bonchev–Trinajstić information content (AvgIpc) is 3.05. The molecule has 0 spiro atoms. The molecule has 0 radical (unpaired) electrons. The molecule has 4 aromatic carbocycles. The zero-order valence-corrected chi connectivity index (χ0v) is 24.9. The van der Waals surface area contributed by atoms with Gasteiger partial charge in [-0.05, 0) is 46.5 Å². The first kappa shape index (κ1) is 31.9. The van der Waals surface area contributed by atoms with E-state index in [1.54, 1.807) is 76.2 Å². The lowest BCUT2D eigenvalue weighted by Gasteiger charge is -2.23. The van der Waals surface area contributed by atoms with Crippen molar-refractivity contribution in [2.24, 2.45) is 11.8 Å². The third-order valence-corrected chi connectivity index (χ3v) is 6.41. The van der Waals surface area contributed by atoms with Crippen LogP contribution in [0.25, 0.3) is 22.3 Å². The summed E-state index contributed by atoms with van der Waals surface area (Å²) in [6.45, 7) is 6.78. The highest BCUT2D eigenvalue weighted by molar-refractivity contribution is 5.90. The number of benzene rings is 4. The lowest BCUT2D eigenvalue weighted by atomic mass is 10.0. The molecule has 0 aliphatic rings. The average molecular weight is 599 g/mol. The molecule has 9 nitrogen and oxygen atoms in total. The lowest BCUT2D eigenvalue weighted by molar-refractivity contribution is -0.357. The van der Waals surface area contributed by atoms with E-state index in [4.69, 9.17) is 29.0 Å². The van der Waals surface area contributed by atoms with Gasteiger partial charge in [-0.15, -0.1) is 9.78 Å². The van der Waals surface area contributed by atoms with E-state index < -0.39 is 42.5 Å². The molecular weight excluding hydrogens is 564 g/mol. The number of rotatable bonds is 12. The summed E-state index contributed by atoms with van der Waals surface area (Å²) in [6, 6.07) is 33.0. The number of hydrogen-bond acceptors (Lipinski definition) is 9. The number of hydrogen-bond donors (Lipinski definition) is 0. The summed E-state index contributed by atoms with van der Waals surface area (Å²) in [5.41, 5.74) is 4.38. The normalized spacial score (nSPS) is 12.3. The Kier molecular flexibility index (Phi) is 11.2. The van der Waals surface area contributed by atoms with E-state index in [2.05, 4.69) is 0 Å². The molecule has 0 saturated heterocycles. The summed E-state index contributed by atoms with van der Waals surface area (Å²) in [6.07, 6.45) is -3.74. The van der Waals surface area contributed by atoms with Crippen molar-refractivity contribution < 1.29 is 43.4 Å². The second kappa shape index (κ2) is 15.5. The van der Waals surface area contributed by atoms with E-state index in [0.717, 1.165) is 22.3 Å². The van der Waals surface area contributed by atoms with Crippen molar-refractivity contribution in [3.05, 3.63) is 120 Å². The van der Waals surface area contributed by atoms with Crippen LogP contribution >= 0.6 is 0 Å². The Balaban J connectivity index is 1.27. The highest BCUT2D eigenvalue weighted by atomic mass is 17.2. The van der Waals surface area contributed by atoms with Crippen LogP contribution < -0.4 is 0 Å². The minimum absolute atomic E-state index is 0.250. The molecule has 2 unspecified atom stereocenters. The molecule has 4 aromatic rings. The summed E-state index contributed by atoms with van der Waals surface area (Å²) >= 11 is 0. The minimum atomic E-state index is -1.28. The summed E-state index contributed by atoms with van der Waals surface area (Å²) < 4.78 is 10.4. The number of ether oxygens (including phenoxy) is 2. The van der Waals surface area contributed by atoms with E-state index in [0.29, 0.717) is 0 Å². The largest absolute Gasteiger partial charge is 0.513 e. The van der Waals surface area contributed by atoms with E-state index >= 15 is 0 Å². The molecule has 0 amide bonds. The predicted octanol–water partition coefficient (Wildman–Crippen LogP) is 8.02. The third kappa shape index (κ3) is 9.00. The standard InChI is InChI=1S/C35H34O9/c1-23(2)33(43-41-31(36)29-19-15-27(16-20-29)25-11-7-5-8-12-25)39-35(38)40-34(24(3)4)44-42-32(37)30-21-17-28(18-22-30)26-13-9-6-10-14-26/h5-24,33-34H,1-4H3. The SMILES string of the molecule is CC(C)C(OOC(=O)c1ccc(-c2ccccc2)cc1)OC(=O)OC(OOC(=O)c1ccc(-c2ccccc2)cc1)C(C)C. The van der Waals surface area contributed by atoms with Crippen molar-refractivity contribution in [1.82, 2.24) is 0 Å². The summed E-state index contributed by atoms with van der Waals surface area (Å²) in [4.78, 5) is 57.8. The van der Waals surface area contributed by atoms with Crippen LogP contribution in [0.4, 0.5) is 4.79 Å². The summed E-state index contributed by atoms with van der Waals surface area (Å²) in [7, 11) is 0. The fraction of sp³-hybridized carbons (Fsp3) is 0.229. The van der Waals surface area contributed by atoms with Crippen LogP contribution in [-0.2, 0) is 29.0 Å². The number of carbonyl (C=O) groups is 3. The van der Waals surface area contributed by atoms with E-state index in [1.807, 2.05) is 60.7 Å². The molecule has 228 valence electrons. The highest BCUT2D eigenvalue weighted by Gasteiger charge is 2.28. The van der Waals surface area contributed by atoms with Gasteiger partial charge in [0.1, 0.15) is 0 Å². The van der Waals surface area contributed by atoms with Crippen molar-refractivity contribution in [3.8, 4) is 22.3 Å². The van der Waals surface area contributed by atoms with Gasteiger partial charge in [0.25, 0.3) is 12.6 Å². The molecule has 0 aliphatic carbocycles. The van der Waals surface area contributed by atoms with Crippen molar-refractivity contribution in [2.75, 3.05) is 0 Å². The first-order chi connectivity index (χ1) is 21.2. The Morgan fingerprint density at radius 2 is 0.773 bits per heavy atom. The molecule has 0 aliphatic heterocycles. The van der Waals surface area contributed by atoms with Crippen LogP contribution in [0, 0.1) is 11.8 Å². The molecule has 44 heavy (non-hydrogen) atoms. The van der Waals surface area contributed by atoms with Crippen LogP contribution in [0.15, 0.2) is 109 Å². The van der Waals surface area contributed by atoms with Gasteiger partial charge in [-0.3, -0.25) is 9.78 Å². The first-order valence-electron chi connectivity index (χ1n) is 14.1. The van der Waals surface area contributed by atoms with Crippen molar-refractivity contribution in [2.45, 2.75) is 40.3 Å². The first-order valence-corrected chi connectivity index (χ1v) is 14.1. The maximum Gasteiger partial charge on any atom is 0.513 e. The molecule has 0 N–H and O–H groups in total. The maximum absolute atomic E-state index is 12.6. The highest BCUT2D eigenvalue weighted by Crippen LogP contribution is 2.22. The van der Waals surface area contributed by atoms with Gasteiger partial charge < -0.3 is 9.47 Å². The van der Waals surface area contributed by atoms with Crippen molar-refractivity contribution in [1.29, 1.82) is 0 Å².